The van der Waals surface area contributed by atoms with E-state index in [0.717, 1.165) is 25.7 Å². The molecule has 0 aliphatic heterocycles. The van der Waals surface area contributed by atoms with Crippen LogP contribution in [0.15, 0.2) is 12.1 Å². The highest BCUT2D eigenvalue weighted by atomic mass is 16.5. The molecule has 0 radical (unpaired) electrons. The number of carbonyl (C=O) groups is 1. The molecule has 0 unspecified atom stereocenters. The summed E-state index contributed by atoms with van der Waals surface area (Å²) in [5.74, 6) is 1.59. The quantitative estimate of drug-likeness (QED) is 0.649. The molecule has 22 heavy (non-hydrogen) atoms. The van der Waals surface area contributed by atoms with Gasteiger partial charge in [0.1, 0.15) is 5.75 Å². The van der Waals surface area contributed by atoms with E-state index in [-0.39, 0.29) is 5.91 Å². The van der Waals surface area contributed by atoms with Crippen LogP contribution >= 0.6 is 0 Å². The standard InChI is InChI=1S/C16H26N2O4/c1-20-13-11-15(22-3)14(21-2)10-12(13)18-16(19)8-6-4-5-7-9-17/h10-11H,4-9,17H2,1-3H3,(H,18,19). The Balaban J connectivity index is 2.65. The number of carbonyl (C=O) groups excluding carboxylic acids is 1. The normalized spacial score (nSPS) is 10.2. The molecular weight excluding hydrogens is 284 g/mol. The van der Waals surface area contributed by atoms with Gasteiger partial charge in [0.15, 0.2) is 11.5 Å². The lowest BCUT2D eigenvalue weighted by molar-refractivity contribution is -0.116. The molecule has 1 aromatic rings. The predicted molar refractivity (Wildman–Crippen MR) is 86.9 cm³/mol. The van der Waals surface area contributed by atoms with Crippen molar-refractivity contribution >= 4 is 11.6 Å². The van der Waals surface area contributed by atoms with Crippen molar-refractivity contribution in [1.29, 1.82) is 0 Å². The van der Waals surface area contributed by atoms with Gasteiger partial charge >= 0.3 is 0 Å². The van der Waals surface area contributed by atoms with Gasteiger partial charge in [0.2, 0.25) is 5.91 Å². The monoisotopic (exact) mass is 310 g/mol. The number of hydrogen-bond donors (Lipinski definition) is 2. The number of amides is 1. The number of methoxy groups -OCH3 is 3. The lowest BCUT2D eigenvalue weighted by atomic mass is 10.1. The molecule has 0 aliphatic carbocycles. The van der Waals surface area contributed by atoms with E-state index in [2.05, 4.69) is 5.32 Å². The van der Waals surface area contributed by atoms with Crippen molar-refractivity contribution in [2.24, 2.45) is 5.73 Å². The van der Waals surface area contributed by atoms with Crippen molar-refractivity contribution in [2.75, 3.05) is 33.2 Å². The molecular formula is C16H26N2O4. The van der Waals surface area contributed by atoms with Crippen LogP contribution in [0.1, 0.15) is 32.1 Å². The summed E-state index contributed by atoms with van der Waals surface area (Å²) in [4.78, 5) is 12.0. The van der Waals surface area contributed by atoms with Gasteiger partial charge in [-0.2, -0.15) is 0 Å². The molecule has 3 N–H and O–H groups in total. The van der Waals surface area contributed by atoms with Gasteiger partial charge in [-0.05, 0) is 19.4 Å². The summed E-state index contributed by atoms with van der Waals surface area (Å²) in [6.45, 7) is 0.703. The molecule has 1 amide bonds. The molecule has 0 aromatic heterocycles. The minimum Gasteiger partial charge on any atom is -0.494 e. The summed E-state index contributed by atoms with van der Waals surface area (Å²) in [6, 6.07) is 3.39. The number of nitrogens with two attached hydrogens (primary N) is 1. The van der Waals surface area contributed by atoms with Gasteiger partial charge < -0.3 is 25.3 Å². The Labute approximate surface area is 131 Å². The summed E-state index contributed by atoms with van der Waals surface area (Å²) in [5, 5.41) is 2.85. The fourth-order valence-corrected chi connectivity index (χ4v) is 2.12. The number of ether oxygens (including phenoxy) is 3. The smallest absolute Gasteiger partial charge is 0.224 e. The Bertz CT molecular complexity index is 477. The van der Waals surface area contributed by atoms with Crippen molar-refractivity contribution in [3.05, 3.63) is 12.1 Å². The van der Waals surface area contributed by atoms with Crippen LogP contribution in [0.4, 0.5) is 5.69 Å². The molecule has 0 heterocycles. The predicted octanol–water partition coefficient (Wildman–Crippen LogP) is 2.56. The summed E-state index contributed by atoms with van der Waals surface area (Å²) < 4.78 is 15.7. The van der Waals surface area contributed by atoms with Gasteiger partial charge in [-0.15, -0.1) is 0 Å². The highest BCUT2D eigenvalue weighted by Gasteiger charge is 2.13. The zero-order valence-corrected chi connectivity index (χ0v) is 13.6. The van der Waals surface area contributed by atoms with E-state index in [1.165, 1.54) is 0 Å². The average Bonchev–Trinajstić information content (AvgIpc) is 2.54. The molecule has 0 fully saturated rings. The van der Waals surface area contributed by atoms with Crippen LogP contribution in [0.25, 0.3) is 0 Å². The second kappa shape index (κ2) is 9.89. The highest BCUT2D eigenvalue weighted by Crippen LogP contribution is 2.37. The van der Waals surface area contributed by atoms with E-state index in [1.807, 2.05) is 0 Å². The van der Waals surface area contributed by atoms with Gasteiger partial charge in [0.25, 0.3) is 0 Å². The Morgan fingerprint density at radius 1 is 0.955 bits per heavy atom. The first-order valence-corrected chi connectivity index (χ1v) is 7.46. The van der Waals surface area contributed by atoms with E-state index < -0.39 is 0 Å². The molecule has 6 nitrogen and oxygen atoms in total. The molecule has 124 valence electrons. The Hall–Kier alpha value is -1.95. The molecule has 6 heteroatoms. The number of hydrogen-bond acceptors (Lipinski definition) is 5. The number of rotatable bonds is 10. The van der Waals surface area contributed by atoms with Gasteiger partial charge in [0.05, 0.1) is 27.0 Å². The van der Waals surface area contributed by atoms with Crippen LogP contribution in [-0.2, 0) is 4.79 Å². The maximum absolute atomic E-state index is 12.0. The van der Waals surface area contributed by atoms with Crippen molar-refractivity contribution in [1.82, 2.24) is 0 Å². The molecule has 0 bridgehead atoms. The zero-order chi connectivity index (χ0) is 16.4. The number of unbranched alkanes of at least 4 members (excludes halogenated alkanes) is 3. The first-order valence-electron chi connectivity index (χ1n) is 7.46. The van der Waals surface area contributed by atoms with Crippen molar-refractivity contribution in [2.45, 2.75) is 32.1 Å². The molecule has 0 saturated carbocycles. The number of benzene rings is 1. The maximum atomic E-state index is 12.0. The van der Waals surface area contributed by atoms with E-state index in [0.29, 0.717) is 35.9 Å². The summed E-state index contributed by atoms with van der Waals surface area (Å²) in [7, 11) is 4.65. The van der Waals surface area contributed by atoms with Gasteiger partial charge in [-0.1, -0.05) is 12.8 Å². The maximum Gasteiger partial charge on any atom is 0.224 e. The Morgan fingerprint density at radius 3 is 2.14 bits per heavy atom. The van der Waals surface area contributed by atoms with Crippen LogP contribution in [-0.4, -0.2) is 33.8 Å². The minimum absolute atomic E-state index is 0.0433. The van der Waals surface area contributed by atoms with Crippen LogP contribution in [0.3, 0.4) is 0 Å². The SMILES string of the molecule is COc1cc(OC)c(OC)cc1NC(=O)CCCCCCN. The number of nitrogens with one attached hydrogen (secondary N) is 1. The summed E-state index contributed by atoms with van der Waals surface area (Å²) in [6.07, 6.45) is 4.39. The third-order valence-electron chi connectivity index (χ3n) is 3.34. The lowest BCUT2D eigenvalue weighted by Crippen LogP contribution is -2.12. The minimum atomic E-state index is -0.0433. The van der Waals surface area contributed by atoms with Crippen molar-refractivity contribution in [3.63, 3.8) is 0 Å². The lowest BCUT2D eigenvalue weighted by Gasteiger charge is -2.14. The summed E-state index contributed by atoms with van der Waals surface area (Å²) in [5.41, 5.74) is 6.02. The third kappa shape index (κ3) is 5.44. The molecule has 0 aliphatic rings. The van der Waals surface area contributed by atoms with Crippen molar-refractivity contribution in [3.8, 4) is 17.2 Å². The first kappa shape index (κ1) is 18.1. The van der Waals surface area contributed by atoms with Crippen LogP contribution in [0.5, 0.6) is 17.2 Å². The second-order valence-electron chi connectivity index (χ2n) is 4.91. The molecule has 0 atom stereocenters. The molecule has 0 saturated heterocycles. The van der Waals surface area contributed by atoms with Crippen molar-refractivity contribution < 1.29 is 19.0 Å². The second-order valence-corrected chi connectivity index (χ2v) is 4.91. The van der Waals surface area contributed by atoms with Gasteiger partial charge in [-0.3, -0.25) is 4.79 Å². The molecule has 0 spiro atoms. The fraction of sp³-hybridized carbons (Fsp3) is 0.562. The third-order valence-corrected chi connectivity index (χ3v) is 3.34. The van der Waals surface area contributed by atoms with Crippen LogP contribution in [0, 0.1) is 0 Å². The summed E-state index contributed by atoms with van der Waals surface area (Å²) >= 11 is 0. The topological polar surface area (TPSA) is 82.8 Å². The van der Waals surface area contributed by atoms with E-state index >= 15 is 0 Å². The Morgan fingerprint density at radius 2 is 1.55 bits per heavy atom. The van der Waals surface area contributed by atoms with Gasteiger partial charge in [0, 0.05) is 18.6 Å². The van der Waals surface area contributed by atoms with Gasteiger partial charge in [-0.25, -0.2) is 0 Å². The molecule has 1 rings (SSSR count). The van der Waals surface area contributed by atoms with Crippen LogP contribution in [0.2, 0.25) is 0 Å². The average molecular weight is 310 g/mol. The number of anilines is 1. The first-order chi connectivity index (χ1) is 10.7. The van der Waals surface area contributed by atoms with E-state index in [4.69, 9.17) is 19.9 Å². The van der Waals surface area contributed by atoms with E-state index in [1.54, 1.807) is 33.5 Å². The largest absolute Gasteiger partial charge is 0.494 e. The van der Waals surface area contributed by atoms with E-state index in [9.17, 15) is 4.79 Å². The fourth-order valence-electron chi connectivity index (χ4n) is 2.12. The zero-order valence-electron chi connectivity index (χ0n) is 13.6. The Kier molecular flexibility index (Phi) is 8.14. The highest BCUT2D eigenvalue weighted by molar-refractivity contribution is 5.92. The molecule has 1 aromatic carbocycles. The van der Waals surface area contributed by atoms with Crippen LogP contribution < -0.4 is 25.3 Å².